The Kier molecular flexibility index (Phi) is 6.94. The van der Waals surface area contributed by atoms with Crippen LogP contribution in [-0.4, -0.2) is 62.3 Å². The van der Waals surface area contributed by atoms with Gasteiger partial charge in [0.05, 0.1) is 22.9 Å². The third kappa shape index (κ3) is 5.00. The van der Waals surface area contributed by atoms with E-state index in [0.29, 0.717) is 24.6 Å². The number of aromatic nitrogens is 1. The number of alkyl halides is 3. The number of thiocarbonyl (C=S) groups is 1. The van der Waals surface area contributed by atoms with Crippen molar-refractivity contribution in [2.24, 2.45) is 4.36 Å². The molecule has 0 aliphatic carbocycles. The minimum atomic E-state index is -4.76. The number of amides is 1. The van der Waals surface area contributed by atoms with Gasteiger partial charge in [-0.1, -0.05) is 6.07 Å². The van der Waals surface area contributed by atoms with Crippen molar-refractivity contribution in [2.45, 2.75) is 32.1 Å². The molecule has 8 nitrogen and oxygen atoms in total. The van der Waals surface area contributed by atoms with E-state index in [0.717, 1.165) is 28.4 Å². The number of carbonyl (C=O) groups excluding carboxylic acids is 1. The highest BCUT2D eigenvalue weighted by Crippen LogP contribution is 2.38. The van der Waals surface area contributed by atoms with Crippen LogP contribution in [0.5, 0.6) is 0 Å². The van der Waals surface area contributed by atoms with Crippen LogP contribution in [0.3, 0.4) is 0 Å². The Morgan fingerprint density at radius 3 is 2.43 bits per heavy atom. The lowest BCUT2D eigenvalue weighted by Gasteiger charge is -2.31. The Balaban J connectivity index is 1.56. The second-order valence-electron chi connectivity index (χ2n) is 9.28. The molecule has 3 heterocycles. The molecule has 1 amide bonds. The first kappa shape index (κ1) is 26.8. The molecule has 2 aliphatic heterocycles. The third-order valence-electron chi connectivity index (χ3n) is 6.68. The lowest BCUT2D eigenvalue weighted by Crippen LogP contribution is -2.43. The number of nitriles is 1. The molecule has 0 radical (unpaired) electrons. The third-order valence-corrected chi connectivity index (χ3v) is 9.39. The van der Waals surface area contributed by atoms with Gasteiger partial charge in [-0.2, -0.15) is 18.4 Å². The summed E-state index contributed by atoms with van der Waals surface area (Å²) in [7, 11) is -0.560. The number of rotatable bonds is 4. The zero-order valence-electron chi connectivity index (χ0n) is 20.4. The van der Waals surface area contributed by atoms with Gasteiger partial charge < -0.3 is 9.80 Å². The number of carbonyl (C=O) groups is 1. The molecule has 1 aromatic carbocycles. The molecular formula is C24H25F3N6O2S2. The van der Waals surface area contributed by atoms with Gasteiger partial charge in [-0.15, -0.1) is 0 Å². The van der Waals surface area contributed by atoms with Crippen LogP contribution in [0.2, 0.25) is 0 Å². The van der Waals surface area contributed by atoms with Crippen molar-refractivity contribution < 1.29 is 22.2 Å². The molecule has 0 spiro atoms. The predicted molar refractivity (Wildman–Crippen MR) is 139 cm³/mol. The molecule has 0 saturated carbocycles. The topological polar surface area (TPSA) is 92.9 Å². The van der Waals surface area contributed by atoms with Crippen LogP contribution in [0.1, 0.15) is 30.5 Å². The summed E-state index contributed by atoms with van der Waals surface area (Å²) < 4.78 is 57.0. The van der Waals surface area contributed by atoms with Crippen molar-refractivity contribution in [2.75, 3.05) is 41.4 Å². The van der Waals surface area contributed by atoms with Crippen LogP contribution in [-0.2, 0) is 27.2 Å². The number of benzene rings is 1. The predicted octanol–water partition coefficient (Wildman–Crippen LogP) is 3.80. The average molecular weight is 551 g/mol. The average Bonchev–Trinajstić information content (AvgIpc) is 3.03. The second-order valence-corrected chi connectivity index (χ2v) is 12.4. The highest BCUT2D eigenvalue weighted by atomic mass is 32.2. The van der Waals surface area contributed by atoms with E-state index in [1.54, 1.807) is 32.0 Å². The van der Waals surface area contributed by atoms with Gasteiger partial charge in [-0.3, -0.25) is 9.69 Å². The van der Waals surface area contributed by atoms with Gasteiger partial charge in [0, 0.05) is 54.1 Å². The van der Waals surface area contributed by atoms with Crippen molar-refractivity contribution in [3.05, 3.63) is 53.2 Å². The zero-order chi connectivity index (χ0) is 27.2. The first-order chi connectivity index (χ1) is 17.3. The fourth-order valence-corrected chi connectivity index (χ4v) is 6.40. The van der Waals surface area contributed by atoms with E-state index in [1.807, 2.05) is 17.0 Å². The maximum absolute atomic E-state index is 13.5. The molecule has 4 rings (SSSR count). The van der Waals surface area contributed by atoms with E-state index in [4.69, 9.17) is 17.5 Å². The largest absolute Gasteiger partial charge is 0.417 e. The Labute approximate surface area is 218 Å². The number of anilines is 2. The molecule has 13 heteroatoms. The molecule has 0 N–H and O–H groups in total. The van der Waals surface area contributed by atoms with Crippen molar-refractivity contribution in [1.82, 2.24) is 9.88 Å². The van der Waals surface area contributed by atoms with Crippen LogP contribution < -0.4 is 9.80 Å². The maximum Gasteiger partial charge on any atom is 0.417 e. The van der Waals surface area contributed by atoms with Gasteiger partial charge in [-0.05, 0) is 55.9 Å². The Bertz CT molecular complexity index is 1400. The van der Waals surface area contributed by atoms with E-state index in [1.165, 1.54) is 12.1 Å². The van der Waals surface area contributed by atoms with Crippen molar-refractivity contribution in [3.63, 3.8) is 0 Å². The lowest BCUT2D eigenvalue weighted by atomic mass is 10.0. The second kappa shape index (κ2) is 9.57. The molecule has 2 aromatic rings. The normalized spacial score (nSPS) is 19.2. The van der Waals surface area contributed by atoms with Crippen LogP contribution in [0, 0.1) is 11.3 Å². The number of halogens is 3. The fourth-order valence-electron chi connectivity index (χ4n) is 4.34. The first-order valence-electron chi connectivity index (χ1n) is 11.4. The van der Waals surface area contributed by atoms with Gasteiger partial charge in [-0.25, -0.2) is 13.6 Å². The fraction of sp³-hybridized carbons (Fsp3) is 0.417. The minimum absolute atomic E-state index is 0.0501. The van der Waals surface area contributed by atoms with E-state index in [2.05, 4.69) is 9.35 Å². The smallest absolute Gasteiger partial charge is 0.355 e. The highest BCUT2D eigenvalue weighted by Gasteiger charge is 2.50. The Hall–Kier alpha value is -3.24. The molecule has 0 bridgehead atoms. The van der Waals surface area contributed by atoms with Crippen LogP contribution >= 0.6 is 12.2 Å². The Morgan fingerprint density at radius 2 is 1.89 bits per heavy atom. The highest BCUT2D eigenvalue weighted by molar-refractivity contribution is 7.93. The van der Waals surface area contributed by atoms with Gasteiger partial charge in [0.2, 0.25) is 0 Å². The summed E-state index contributed by atoms with van der Waals surface area (Å²) in [6.45, 7) is 4.69. The van der Waals surface area contributed by atoms with Crippen LogP contribution in [0.25, 0.3) is 0 Å². The summed E-state index contributed by atoms with van der Waals surface area (Å²) in [5, 5.41) is 9.14. The molecule has 37 heavy (non-hydrogen) atoms. The van der Waals surface area contributed by atoms with Crippen molar-refractivity contribution in [1.29, 1.82) is 5.26 Å². The van der Waals surface area contributed by atoms with E-state index < -0.39 is 38.5 Å². The summed E-state index contributed by atoms with van der Waals surface area (Å²) >= 11 is 5.55. The molecule has 2 saturated heterocycles. The molecule has 1 aromatic heterocycles. The first-order valence-corrected chi connectivity index (χ1v) is 13.6. The van der Waals surface area contributed by atoms with Gasteiger partial charge in [0.25, 0.3) is 5.91 Å². The molecule has 0 unspecified atom stereocenters. The van der Waals surface area contributed by atoms with E-state index in [9.17, 15) is 22.2 Å². The maximum atomic E-state index is 13.5. The molecular weight excluding hydrogens is 525 g/mol. The van der Waals surface area contributed by atoms with E-state index in [-0.39, 0.29) is 17.3 Å². The summed E-state index contributed by atoms with van der Waals surface area (Å²) in [6.07, 6.45) is -3.09. The SMILES string of the molecule is CN=S1(=O)CCN(c2ccc(CN3C(=S)N(c4ccc(C#N)c(C(F)(F)F)c4)C(=O)C3(C)C)cn2)CC1. The minimum Gasteiger partial charge on any atom is -0.355 e. The van der Waals surface area contributed by atoms with E-state index >= 15 is 0 Å². The van der Waals surface area contributed by atoms with Gasteiger partial charge in [0.15, 0.2) is 5.11 Å². The number of hydrogen-bond acceptors (Lipinski definition) is 7. The summed E-state index contributed by atoms with van der Waals surface area (Å²) in [5.41, 5.74) is -2.07. The summed E-state index contributed by atoms with van der Waals surface area (Å²) in [4.78, 5) is 22.6. The van der Waals surface area contributed by atoms with Crippen LogP contribution in [0.4, 0.5) is 24.7 Å². The molecule has 2 fully saturated rings. The molecule has 2 aliphatic rings. The number of nitrogens with zero attached hydrogens (tertiary/aromatic N) is 6. The standard InChI is InChI=1S/C24H25F3N6O2S2/c1-23(2)21(34)33(18-6-5-17(13-28)19(12-18)24(25,26)27)22(36)32(23)15-16-4-7-20(30-14-16)31-8-10-37(35,29-3)11-9-31/h4-7,12,14H,8-11,15H2,1-3H3. The summed E-state index contributed by atoms with van der Waals surface area (Å²) in [5.74, 6) is 1.22. The molecule has 0 atom stereocenters. The number of hydrogen-bond donors (Lipinski definition) is 0. The molecule has 196 valence electrons. The van der Waals surface area contributed by atoms with Crippen LogP contribution in [0.15, 0.2) is 40.9 Å². The van der Waals surface area contributed by atoms with Gasteiger partial charge >= 0.3 is 6.18 Å². The quantitative estimate of drug-likeness (QED) is 0.535. The van der Waals surface area contributed by atoms with Crippen molar-refractivity contribution >= 4 is 44.5 Å². The Morgan fingerprint density at radius 1 is 1.22 bits per heavy atom. The summed E-state index contributed by atoms with van der Waals surface area (Å²) in [6, 6.07) is 8.34. The zero-order valence-corrected chi connectivity index (χ0v) is 22.1. The monoisotopic (exact) mass is 550 g/mol. The number of pyridine rings is 1. The lowest BCUT2D eigenvalue weighted by molar-refractivity contribution is -0.137. The van der Waals surface area contributed by atoms with Crippen molar-refractivity contribution in [3.8, 4) is 6.07 Å². The van der Waals surface area contributed by atoms with Gasteiger partial charge in [0.1, 0.15) is 11.4 Å².